The maximum Gasteiger partial charge on any atom is 0.0534 e. The Morgan fingerprint density at radius 2 is 2.00 bits per heavy atom. The molecule has 1 aliphatic rings. The van der Waals surface area contributed by atoms with Crippen molar-refractivity contribution in [2.75, 3.05) is 7.05 Å². The molecule has 0 heterocycles. The third-order valence-electron chi connectivity index (χ3n) is 3.63. The normalized spacial score (nSPS) is 18.1. The van der Waals surface area contributed by atoms with Gasteiger partial charge in [-0.15, -0.1) is 0 Å². The summed E-state index contributed by atoms with van der Waals surface area (Å²) in [5, 5.41) is 4.28. The van der Waals surface area contributed by atoms with Crippen LogP contribution < -0.4 is 5.32 Å². The van der Waals surface area contributed by atoms with Gasteiger partial charge in [0.1, 0.15) is 0 Å². The number of hydrogen-bond donors (Lipinski definition) is 1. The molecule has 0 fully saturated rings. The highest BCUT2D eigenvalue weighted by molar-refractivity contribution is 6.30. The molecule has 1 aromatic carbocycles. The lowest BCUT2D eigenvalue weighted by molar-refractivity contribution is 0.628. The summed E-state index contributed by atoms with van der Waals surface area (Å²) < 4.78 is 0. The van der Waals surface area contributed by atoms with Crippen molar-refractivity contribution >= 4 is 11.6 Å². The van der Waals surface area contributed by atoms with Crippen molar-refractivity contribution in [3.8, 4) is 0 Å². The van der Waals surface area contributed by atoms with Crippen molar-refractivity contribution in [3.63, 3.8) is 0 Å². The van der Waals surface area contributed by atoms with Gasteiger partial charge in [0.25, 0.3) is 0 Å². The summed E-state index contributed by atoms with van der Waals surface area (Å²) in [5.41, 5.74) is 4.04. The Balaban J connectivity index is 2.29. The predicted octanol–water partition coefficient (Wildman–Crippen LogP) is 4.80. The summed E-state index contributed by atoms with van der Waals surface area (Å²) in [6.45, 7) is 2.10. The molecule has 0 bridgehead atoms. The van der Waals surface area contributed by atoms with Crippen LogP contribution in [0.3, 0.4) is 0 Å². The van der Waals surface area contributed by atoms with Crippen LogP contribution in [-0.4, -0.2) is 7.05 Å². The molecule has 0 aromatic heterocycles. The number of halogens is 1. The van der Waals surface area contributed by atoms with Gasteiger partial charge < -0.3 is 5.32 Å². The van der Waals surface area contributed by atoms with E-state index >= 15 is 0 Å². The fourth-order valence-electron chi connectivity index (χ4n) is 2.80. The molecule has 1 atom stereocenters. The van der Waals surface area contributed by atoms with E-state index in [1.807, 2.05) is 13.1 Å². The highest BCUT2D eigenvalue weighted by Gasteiger charge is 2.16. The second-order valence-electron chi connectivity index (χ2n) is 5.16. The van der Waals surface area contributed by atoms with Gasteiger partial charge in [-0.25, -0.2) is 0 Å². The number of benzene rings is 1. The summed E-state index contributed by atoms with van der Waals surface area (Å²) in [5.74, 6) is 0. The molecule has 0 aliphatic heterocycles. The van der Waals surface area contributed by atoms with Crippen molar-refractivity contribution in [1.82, 2.24) is 5.32 Å². The lowest BCUT2D eigenvalue weighted by Crippen LogP contribution is -2.19. The van der Waals surface area contributed by atoms with Gasteiger partial charge in [-0.05, 0) is 62.9 Å². The third-order valence-corrected chi connectivity index (χ3v) is 3.85. The van der Waals surface area contributed by atoms with Crippen molar-refractivity contribution in [2.24, 2.45) is 0 Å². The molecule has 0 amide bonds. The van der Waals surface area contributed by atoms with Gasteiger partial charge in [-0.3, -0.25) is 0 Å². The average Bonchev–Trinajstić information content (AvgIpc) is 2.58. The molecule has 0 saturated heterocycles. The quantitative estimate of drug-likeness (QED) is 0.773. The topological polar surface area (TPSA) is 12.0 Å². The summed E-state index contributed by atoms with van der Waals surface area (Å²) >= 11 is 6.18. The minimum Gasteiger partial charge on any atom is -0.310 e. The Bertz CT molecular complexity index is 416. The van der Waals surface area contributed by atoms with Crippen LogP contribution in [0, 0.1) is 6.92 Å². The maximum absolute atomic E-state index is 6.18. The summed E-state index contributed by atoms with van der Waals surface area (Å²) in [4.78, 5) is 0. The molecule has 0 saturated carbocycles. The van der Waals surface area contributed by atoms with E-state index in [1.54, 1.807) is 0 Å². The molecule has 2 rings (SSSR count). The lowest BCUT2D eigenvalue weighted by atomic mass is 9.94. The minimum atomic E-state index is 0.320. The zero-order chi connectivity index (χ0) is 13.0. The molecular weight excluding hydrogens is 242 g/mol. The van der Waals surface area contributed by atoms with E-state index in [9.17, 15) is 0 Å². The van der Waals surface area contributed by atoms with Gasteiger partial charge in [-0.1, -0.05) is 35.7 Å². The highest BCUT2D eigenvalue weighted by atomic mass is 35.5. The predicted molar refractivity (Wildman–Crippen MR) is 79.2 cm³/mol. The zero-order valence-corrected chi connectivity index (χ0v) is 12.1. The summed E-state index contributed by atoms with van der Waals surface area (Å²) in [7, 11) is 2.03. The molecule has 0 radical (unpaired) electrons. The summed E-state index contributed by atoms with van der Waals surface area (Å²) in [6, 6.07) is 6.65. The van der Waals surface area contributed by atoms with Gasteiger partial charge in [0.05, 0.1) is 6.04 Å². The maximum atomic E-state index is 6.18. The molecule has 1 N–H and O–H groups in total. The Labute approximate surface area is 115 Å². The Hall–Kier alpha value is -0.790. The second-order valence-corrected chi connectivity index (χ2v) is 5.60. The van der Waals surface area contributed by atoms with Crippen molar-refractivity contribution in [1.29, 1.82) is 0 Å². The zero-order valence-electron chi connectivity index (χ0n) is 11.3. The van der Waals surface area contributed by atoms with Gasteiger partial charge in [0.2, 0.25) is 0 Å². The Kier molecular flexibility index (Phi) is 4.85. The molecule has 98 valence electrons. The van der Waals surface area contributed by atoms with E-state index in [2.05, 4.69) is 30.4 Å². The number of hydrogen-bond acceptors (Lipinski definition) is 1. The van der Waals surface area contributed by atoms with E-state index in [0.29, 0.717) is 6.04 Å². The second kappa shape index (κ2) is 6.40. The molecule has 18 heavy (non-hydrogen) atoms. The minimum absolute atomic E-state index is 0.320. The van der Waals surface area contributed by atoms with Gasteiger partial charge in [0.15, 0.2) is 0 Å². The van der Waals surface area contributed by atoms with E-state index in [1.165, 1.54) is 48.8 Å². The standard InChI is InChI=1S/C16H22ClN/c1-12-9-14(11-15(17)10-12)16(18-2)13-7-5-3-4-6-8-13/h7,9-11,16,18H,3-6,8H2,1-2H3. The van der Waals surface area contributed by atoms with Crippen LogP contribution in [0.5, 0.6) is 0 Å². The number of nitrogens with one attached hydrogen (secondary N) is 1. The SMILES string of the molecule is CNC(C1=CCCCCC1)c1cc(C)cc(Cl)c1. The molecule has 1 aromatic rings. The molecule has 1 aliphatic carbocycles. The Morgan fingerprint density at radius 3 is 2.72 bits per heavy atom. The molecule has 0 spiro atoms. The molecular formula is C16H22ClN. The van der Waals surface area contributed by atoms with Crippen LogP contribution in [0.1, 0.15) is 49.3 Å². The number of likely N-dealkylation sites (N-methyl/N-ethyl adjacent to an activating group) is 1. The highest BCUT2D eigenvalue weighted by Crippen LogP contribution is 2.30. The fourth-order valence-corrected chi connectivity index (χ4v) is 3.10. The first-order valence-corrected chi connectivity index (χ1v) is 7.22. The van der Waals surface area contributed by atoms with Crippen LogP contribution in [0.4, 0.5) is 0 Å². The first kappa shape index (κ1) is 13.6. The smallest absolute Gasteiger partial charge is 0.0534 e. The van der Waals surface area contributed by atoms with Crippen LogP contribution >= 0.6 is 11.6 Å². The number of allylic oxidation sites excluding steroid dienone is 1. The van der Waals surface area contributed by atoms with E-state index in [-0.39, 0.29) is 0 Å². The molecule has 1 unspecified atom stereocenters. The summed E-state index contributed by atoms with van der Waals surface area (Å²) in [6.07, 6.45) is 8.83. The van der Waals surface area contributed by atoms with Crippen LogP contribution in [-0.2, 0) is 0 Å². The molecule has 2 heteroatoms. The van der Waals surface area contributed by atoms with Crippen LogP contribution in [0.25, 0.3) is 0 Å². The number of aryl methyl sites for hydroxylation is 1. The molecule has 1 nitrogen and oxygen atoms in total. The van der Waals surface area contributed by atoms with Crippen LogP contribution in [0.15, 0.2) is 29.8 Å². The van der Waals surface area contributed by atoms with Crippen LogP contribution in [0.2, 0.25) is 5.02 Å². The monoisotopic (exact) mass is 263 g/mol. The van der Waals surface area contributed by atoms with E-state index in [0.717, 1.165) is 5.02 Å². The third kappa shape index (κ3) is 3.37. The van der Waals surface area contributed by atoms with Gasteiger partial charge in [0, 0.05) is 5.02 Å². The lowest BCUT2D eigenvalue weighted by Gasteiger charge is -2.21. The van der Waals surface area contributed by atoms with Gasteiger partial charge in [-0.2, -0.15) is 0 Å². The van der Waals surface area contributed by atoms with Crippen molar-refractivity contribution in [3.05, 3.63) is 46.0 Å². The first-order chi connectivity index (χ1) is 8.70. The van der Waals surface area contributed by atoms with E-state index < -0.39 is 0 Å². The van der Waals surface area contributed by atoms with Gasteiger partial charge >= 0.3 is 0 Å². The average molecular weight is 264 g/mol. The number of rotatable bonds is 3. The van der Waals surface area contributed by atoms with Crippen molar-refractivity contribution in [2.45, 2.75) is 45.1 Å². The fraction of sp³-hybridized carbons (Fsp3) is 0.500. The largest absolute Gasteiger partial charge is 0.310 e. The van der Waals surface area contributed by atoms with Crippen molar-refractivity contribution < 1.29 is 0 Å². The first-order valence-electron chi connectivity index (χ1n) is 6.84. The van der Waals surface area contributed by atoms with E-state index in [4.69, 9.17) is 11.6 Å². The Morgan fingerprint density at radius 1 is 1.17 bits per heavy atom.